The number of nitrogens with zero attached hydrogens (tertiary/aromatic N) is 1. The van der Waals surface area contributed by atoms with Crippen LogP contribution in [0.1, 0.15) is 17.5 Å². The molecule has 0 unspecified atom stereocenters. The fourth-order valence-corrected chi connectivity index (χ4v) is 0.753. The number of rotatable bonds is 4. The van der Waals surface area contributed by atoms with Crippen LogP contribution in [0.5, 0.6) is 0 Å². The molecule has 0 aliphatic heterocycles. The highest BCUT2D eigenvalue weighted by molar-refractivity contribution is 5.77. The first-order valence-corrected chi connectivity index (χ1v) is 4.34. The summed E-state index contributed by atoms with van der Waals surface area (Å²) in [5, 5.41) is 12.6. The molecule has 0 saturated carbocycles. The van der Waals surface area contributed by atoms with Gasteiger partial charge in [-0.1, -0.05) is 0 Å². The van der Waals surface area contributed by atoms with Crippen molar-refractivity contribution in [2.75, 3.05) is 13.6 Å². The topological polar surface area (TPSA) is 102 Å². The number of likely N-dealkylation sites (N-methyl/N-ethyl adjacent to an activating group) is 1. The molecule has 0 amide bonds. The summed E-state index contributed by atoms with van der Waals surface area (Å²) in [7, 11) is 1.75. The summed E-state index contributed by atoms with van der Waals surface area (Å²) in [6, 6.07) is 2.37. The molecule has 0 bridgehead atoms. The van der Waals surface area contributed by atoms with Crippen LogP contribution in [0.25, 0.3) is 0 Å². The maximum Gasteiger partial charge on any atom is 0.433 e. The van der Waals surface area contributed by atoms with Crippen LogP contribution >= 0.6 is 0 Å². The molecule has 1 heterocycles. The fraction of sp³-hybridized carbons (Fsp3) is 0.333. The van der Waals surface area contributed by atoms with E-state index in [4.69, 9.17) is 0 Å². The SMILES string of the molecule is CNCC(C)=O.O=Cc1ccc([N+](=O)[O-])o1. The van der Waals surface area contributed by atoms with Crippen LogP contribution in [0.4, 0.5) is 5.88 Å². The minimum Gasteiger partial charge on any atom is -0.398 e. The Labute approximate surface area is 91.6 Å². The quantitative estimate of drug-likeness (QED) is 0.464. The van der Waals surface area contributed by atoms with Crippen molar-refractivity contribution in [1.29, 1.82) is 0 Å². The molecule has 0 fully saturated rings. The standard InChI is InChI=1S/C5H3NO4.C4H9NO/c7-3-4-1-2-5(10-4)6(8)9;1-4(6)3-5-2/h1-3H;5H,3H2,1-2H3. The minimum atomic E-state index is -0.701. The van der Waals surface area contributed by atoms with Crippen LogP contribution in [0.2, 0.25) is 0 Å². The molecular weight excluding hydrogens is 216 g/mol. The van der Waals surface area contributed by atoms with E-state index in [2.05, 4.69) is 9.73 Å². The first kappa shape index (κ1) is 14.0. The highest BCUT2D eigenvalue weighted by atomic mass is 16.6. The summed E-state index contributed by atoms with van der Waals surface area (Å²) in [4.78, 5) is 29.1. The highest BCUT2D eigenvalue weighted by Gasteiger charge is 2.10. The zero-order chi connectivity index (χ0) is 12.6. The van der Waals surface area contributed by atoms with E-state index in [9.17, 15) is 19.7 Å². The molecule has 0 saturated heterocycles. The Morgan fingerprint density at radius 3 is 2.44 bits per heavy atom. The number of Topliss-reactive ketones (excluding diaryl/α,β-unsaturated/α-hetero) is 1. The Balaban J connectivity index is 0.000000325. The second-order valence-electron chi connectivity index (χ2n) is 2.78. The van der Waals surface area contributed by atoms with Crippen molar-refractivity contribution < 1.29 is 18.9 Å². The summed E-state index contributed by atoms with van der Waals surface area (Å²) < 4.78 is 4.43. The molecule has 0 aromatic carbocycles. The third kappa shape index (κ3) is 5.66. The molecule has 0 aliphatic rings. The van der Waals surface area contributed by atoms with Crippen LogP contribution in [0.15, 0.2) is 16.5 Å². The van der Waals surface area contributed by atoms with Gasteiger partial charge in [-0.25, -0.2) is 0 Å². The zero-order valence-corrected chi connectivity index (χ0v) is 8.93. The Morgan fingerprint density at radius 2 is 2.25 bits per heavy atom. The van der Waals surface area contributed by atoms with Gasteiger partial charge in [0.2, 0.25) is 0 Å². The van der Waals surface area contributed by atoms with Crippen molar-refractivity contribution in [3.63, 3.8) is 0 Å². The largest absolute Gasteiger partial charge is 0.433 e. The van der Waals surface area contributed by atoms with Crippen molar-refractivity contribution in [2.45, 2.75) is 6.92 Å². The van der Waals surface area contributed by atoms with E-state index in [-0.39, 0.29) is 11.5 Å². The molecule has 0 radical (unpaired) electrons. The van der Waals surface area contributed by atoms with Gasteiger partial charge in [-0.15, -0.1) is 0 Å². The number of aldehydes is 1. The number of nitrogens with one attached hydrogen (secondary N) is 1. The van der Waals surface area contributed by atoms with Crippen molar-refractivity contribution >= 4 is 18.0 Å². The molecule has 16 heavy (non-hydrogen) atoms. The van der Waals surface area contributed by atoms with Crippen LogP contribution in [-0.4, -0.2) is 30.6 Å². The molecule has 1 aromatic heterocycles. The van der Waals surface area contributed by atoms with Gasteiger partial charge >= 0.3 is 5.88 Å². The molecule has 1 rings (SSSR count). The third-order valence-corrected chi connectivity index (χ3v) is 1.33. The number of hydrogen-bond acceptors (Lipinski definition) is 6. The van der Waals surface area contributed by atoms with Gasteiger partial charge in [0, 0.05) is 0 Å². The number of carbonyl (C=O) groups is 2. The number of ketones is 1. The van der Waals surface area contributed by atoms with E-state index in [1.54, 1.807) is 14.0 Å². The van der Waals surface area contributed by atoms with Gasteiger partial charge < -0.3 is 9.73 Å². The monoisotopic (exact) mass is 228 g/mol. The second kappa shape index (κ2) is 7.30. The summed E-state index contributed by atoms with van der Waals surface area (Å²) >= 11 is 0. The molecule has 88 valence electrons. The summed E-state index contributed by atoms with van der Waals surface area (Å²) in [5.74, 6) is -0.272. The molecule has 0 aliphatic carbocycles. The van der Waals surface area contributed by atoms with E-state index >= 15 is 0 Å². The molecule has 0 spiro atoms. The Hall–Kier alpha value is -2.02. The van der Waals surface area contributed by atoms with Gasteiger partial charge in [0.05, 0.1) is 12.6 Å². The Kier molecular flexibility index (Phi) is 6.37. The third-order valence-electron chi connectivity index (χ3n) is 1.33. The number of hydrogen-bond donors (Lipinski definition) is 1. The van der Waals surface area contributed by atoms with E-state index in [0.717, 1.165) is 6.07 Å². The van der Waals surface area contributed by atoms with Crippen LogP contribution in [-0.2, 0) is 4.79 Å². The van der Waals surface area contributed by atoms with Gasteiger partial charge in [0.15, 0.2) is 12.0 Å². The molecule has 1 aromatic rings. The number of furan rings is 1. The lowest BCUT2D eigenvalue weighted by Crippen LogP contribution is -2.14. The average molecular weight is 228 g/mol. The maximum absolute atomic E-state index is 9.98. The molecule has 0 atom stereocenters. The molecule has 7 nitrogen and oxygen atoms in total. The zero-order valence-electron chi connectivity index (χ0n) is 8.93. The lowest BCUT2D eigenvalue weighted by atomic mass is 10.5. The molecule has 7 heteroatoms. The van der Waals surface area contributed by atoms with Crippen LogP contribution in [0, 0.1) is 10.1 Å². The fourth-order valence-electron chi connectivity index (χ4n) is 0.753. The normalized spacial score (nSPS) is 8.88. The van der Waals surface area contributed by atoms with Gasteiger partial charge in [0.25, 0.3) is 0 Å². The van der Waals surface area contributed by atoms with E-state index in [0.29, 0.717) is 12.8 Å². The predicted octanol–water partition coefficient (Wildman–Crippen LogP) is 0.795. The van der Waals surface area contributed by atoms with Gasteiger partial charge in [-0.3, -0.25) is 19.7 Å². The summed E-state index contributed by atoms with van der Waals surface area (Å²) in [5.41, 5.74) is 0. The summed E-state index contributed by atoms with van der Waals surface area (Å²) in [6.07, 6.45) is 0.410. The van der Waals surface area contributed by atoms with E-state index in [1.165, 1.54) is 6.07 Å². The number of carbonyl (C=O) groups excluding carboxylic acids is 2. The molecule has 1 N–H and O–H groups in total. The van der Waals surface area contributed by atoms with Crippen LogP contribution in [0.3, 0.4) is 0 Å². The second-order valence-corrected chi connectivity index (χ2v) is 2.78. The van der Waals surface area contributed by atoms with Gasteiger partial charge in [-0.05, 0) is 20.0 Å². The highest BCUT2D eigenvalue weighted by Crippen LogP contribution is 2.13. The first-order chi connectivity index (χ1) is 7.51. The van der Waals surface area contributed by atoms with Crippen molar-refractivity contribution in [2.24, 2.45) is 0 Å². The Bertz CT molecular complexity index is 372. The lowest BCUT2D eigenvalue weighted by Gasteiger charge is -1.85. The van der Waals surface area contributed by atoms with Crippen molar-refractivity contribution in [1.82, 2.24) is 5.32 Å². The predicted molar refractivity (Wildman–Crippen MR) is 55.4 cm³/mol. The Morgan fingerprint density at radius 1 is 1.62 bits per heavy atom. The van der Waals surface area contributed by atoms with Crippen molar-refractivity contribution in [3.8, 4) is 0 Å². The summed E-state index contributed by atoms with van der Waals surface area (Å²) in [6.45, 7) is 2.04. The first-order valence-electron chi connectivity index (χ1n) is 4.34. The van der Waals surface area contributed by atoms with Crippen molar-refractivity contribution in [3.05, 3.63) is 28.0 Å². The van der Waals surface area contributed by atoms with Gasteiger partial charge in [-0.2, -0.15) is 0 Å². The number of nitro groups is 1. The smallest absolute Gasteiger partial charge is 0.398 e. The maximum atomic E-state index is 9.98. The molecular formula is C9H12N2O5. The average Bonchev–Trinajstić information content (AvgIpc) is 2.66. The van der Waals surface area contributed by atoms with E-state index in [1.807, 2.05) is 0 Å². The van der Waals surface area contributed by atoms with E-state index < -0.39 is 10.8 Å². The van der Waals surface area contributed by atoms with Crippen LogP contribution < -0.4 is 5.32 Å². The lowest BCUT2D eigenvalue weighted by molar-refractivity contribution is -0.402. The van der Waals surface area contributed by atoms with Gasteiger partial charge in [0.1, 0.15) is 10.7 Å². The minimum absolute atomic E-state index is 0.0355.